The van der Waals surface area contributed by atoms with Crippen molar-refractivity contribution in [2.45, 2.75) is 18.8 Å². The topological polar surface area (TPSA) is 41.0 Å². The molecule has 1 aliphatic rings. The van der Waals surface area contributed by atoms with Crippen molar-refractivity contribution in [3.63, 3.8) is 0 Å². The van der Waals surface area contributed by atoms with Crippen LogP contribution in [0.3, 0.4) is 0 Å². The zero-order chi connectivity index (χ0) is 13.2. The Morgan fingerprint density at radius 2 is 1.89 bits per heavy atom. The van der Waals surface area contributed by atoms with Crippen LogP contribution in [0.1, 0.15) is 24.6 Å². The molecule has 19 heavy (non-hydrogen) atoms. The molecule has 98 valence electrons. The van der Waals surface area contributed by atoms with E-state index in [1.807, 2.05) is 38.4 Å². The maximum atomic E-state index is 4.69. The number of para-hydroxylation sites is 1. The lowest BCUT2D eigenvalue weighted by Crippen LogP contribution is -2.13. The Labute approximate surface area is 113 Å². The monoisotopic (exact) mass is 254 g/mol. The van der Waals surface area contributed by atoms with E-state index in [9.17, 15) is 0 Å². The van der Waals surface area contributed by atoms with Gasteiger partial charge in [0.15, 0.2) is 0 Å². The van der Waals surface area contributed by atoms with E-state index in [-0.39, 0.29) is 0 Å². The SMILES string of the molecule is CNc1cc(N(C)c2ccccc2)nc(C2CC2)n1. The predicted octanol–water partition coefficient (Wildman–Crippen LogP) is 3.16. The van der Waals surface area contributed by atoms with Gasteiger partial charge in [-0.3, -0.25) is 0 Å². The molecule has 1 heterocycles. The maximum Gasteiger partial charge on any atom is 0.138 e. The van der Waals surface area contributed by atoms with Crippen LogP contribution in [0, 0.1) is 0 Å². The van der Waals surface area contributed by atoms with Crippen LogP contribution in [0.5, 0.6) is 0 Å². The van der Waals surface area contributed by atoms with Gasteiger partial charge in [0.2, 0.25) is 0 Å². The molecule has 0 amide bonds. The Kier molecular flexibility index (Phi) is 3.07. The molecule has 2 aromatic rings. The van der Waals surface area contributed by atoms with Crippen molar-refractivity contribution >= 4 is 17.3 Å². The molecule has 0 bridgehead atoms. The van der Waals surface area contributed by atoms with Crippen molar-refractivity contribution < 1.29 is 0 Å². The summed E-state index contributed by atoms with van der Waals surface area (Å²) in [5.41, 5.74) is 1.13. The standard InChI is InChI=1S/C15H18N4/c1-16-13-10-14(18-15(17-13)11-8-9-11)19(2)12-6-4-3-5-7-12/h3-7,10-11H,8-9H2,1-2H3,(H,16,17,18). The number of benzene rings is 1. The second-order valence-electron chi connectivity index (χ2n) is 4.89. The zero-order valence-corrected chi connectivity index (χ0v) is 11.3. The summed E-state index contributed by atoms with van der Waals surface area (Å²) in [6, 6.07) is 12.2. The molecule has 0 spiro atoms. The third-order valence-electron chi connectivity index (χ3n) is 3.42. The van der Waals surface area contributed by atoms with E-state index in [1.54, 1.807) is 0 Å². The van der Waals surface area contributed by atoms with Gasteiger partial charge in [0.05, 0.1) is 0 Å². The summed E-state index contributed by atoms with van der Waals surface area (Å²) in [7, 11) is 3.93. The molecule has 1 saturated carbocycles. The van der Waals surface area contributed by atoms with Crippen molar-refractivity contribution in [3.8, 4) is 0 Å². The van der Waals surface area contributed by atoms with Crippen LogP contribution in [0.25, 0.3) is 0 Å². The Bertz CT molecular complexity index is 564. The molecule has 4 nitrogen and oxygen atoms in total. The van der Waals surface area contributed by atoms with E-state index in [0.29, 0.717) is 5.92 Å². The molecule has 0 atom stereocenters. The number of nitrogens with zero attached hydrogens (tertiary/aromatic N) is 3. The Morgan fingerprint density at radius 3 is 2.53 bits per heavy atom. The summed E-state index contributed by atoms with van der Waals surface area (Å²) in [4.78, 5) is 11.3. The minimum absolute atomic E-state index is 0.552. The fourth-order valence-corrected chi connectivity index (χ4v) is 2.06. The maximum absolute atomic E-state index is 4.69. The normalized spacial score (nSPS) is 14.2. The van der Waals surface area contributed by atoms with Gasteiger partial charge in [-0.2, -0.15) is 0 Å². The fourth-order valence-electron chi connectivity index (χ4n) is 2.06. The molecule has 0 aliphatic heterocycles. The number of hydrogen-bond donors (Lipinski definition) is 1. The van der Waals surface area contributed by atoms with Gasteiger partial charge in [0.25, 0.3) is 0 Å². The highest BCUT2D eigenvalue weighted by atomic mass is 15.2. The molecule has 1 aromatic heterocycles. The predicted molar refractivity (Wildman–Crippen MR) is 78.1 cm³/mol. The minimum Gasteiger partial charge on any atom is -0.373 e. The third-order valence-corrected chi connectivity index (χ3v) is 3.42. The van der Waals surface area contributed by atoms with Gasteiger partial charge < -0.3 is 10.2 Å². The number of aromatic nitrogens is 2. The van der Waals surface area contributed by atoms with E-state index < -0.39 is 0 Å². The molecule has 4 heteroatoms. The van der Waals surface area contributed by atoms with Crippen LogP contribution in [-0.2, 0) is 0 Å². The van der Waals surface area contributed by atoms with Crippen molar-refractivity contribution in [1.29, 1.82) is 0 Å². The van der Waals surface area contributed by atoms with E-state index in [2.05, 4.69) is 27.3 Å². The molecule has 3 rings (SSSR count). The van der Waals surface area contributed by atoms with Crippen LogP contribution in [0.15, 0.2) is 36.4 Å². The van der Waals surface area contributed by atoms with Gasteiger partial charge in [-0.1, -0.05) is 18.2 Å². The summed E-state index contributed by atoms with van der Waals surface area (Å²) >= 11 is 0. The highest BCUT2D eigenvalue weighted by Gasteiger charge is 2.27. The van der Waals surface area contributed by atoms with Gasteiger partial charge in [0, 0.05) is 31.8 Å². The molecular formula is C15H18N4. The number of rotatable bonds is 4. The smallest absolute Gasteiger partial charge is 0.138 e. The van der Waals surface area contributed by atoms with E-state index in [4.69, 9.17) is 4.98 Å². The lowest BCUT2D eigenvalue weighted by molar-refractivity contribution is 0.916. The highest BCUT2D eigenvalue weighted by molar-refractivity contribution is 5.61. The Morgan fingerprint density at radius 1 is 1.16 bits per heavy atom. The summed E-state index contributed by atoms with van der Waals surface area (Å²) in [6.07, 6.45) is 2.42. The third kappa shape index (κ3) is 2.52. The summed E-state index contributed by atoms with van der Waals surface area (Å²) in [5.74, 6) is 3.34. The molecule has 0 saturated heterocycles. The highest BCUT2D eigenvalue weighted by Crippen LogP contribution is 2.39. The second-order valence-corrected chi connectivity index (χ2v) is 4.89. The average Bonchev–Trinajstić information content (AvgIpc) is 3.31. The van der Waals surface area contributed by atoms with Crippen LogP contribution in [-0.4, -0.2) is 24.1 Å². The van der Waals surface area contributed by atoms with E-state index in [1.165, 1.54) is 12.8 Å². The first-order chi connectivity index (χ1) is 9.28. The molecule has 1 fully saturated rings. The molecular weight excluding hydrogens is 236 g/mol. The van der Waals surface area contributed by atoms with E-state index >= 15 is 0 Å². The van der Waals surface area contributed by atoms with Crippen LogP contribution >= 0.6 is 0 Å². The lowest BCUT2D eigenvalue weighted by Gasteiger charge is -2.19. The lowest BCUT2D eigenvalue weighted by atomic mass is 10.3. The number of hydrogen-bond acceptors (Lipinski definition) is 4. The molecule has 0 radical (unpaired) electrons. The Hall–Kier alpha value is -2.10. The Balaban J connectivity index is 1.97. The van der Waals surface area contributed by atoms with Crippen LogP contribution in [0.2, 0.25) is 0 Å². The van der Waals surface area contributed by atoms with Crippen LogP contribution in [0.4, 0.5) is 17.3 Å². The first-order valence-corrected chi connectivity index (χ1v) is 6.63. The summed E-state index contributed by atoms with van der Waals surface area (Å²) in [6.45, 7) is 0. The van der Waals surface area contributed by atoms with Gasteiger partial charge in [-0.25, -0.2) is 9.97 Å². The summed E-state index contributed by atoms with van der Waals surface area (Å²) in [5, 5.41) is 3.12. The summed E-state index contributed by atoms with van der Waals surface area (Å²) < 4.78 is 0. The molecule has 1 aliphatic carbocycles. The molecule has 0 unspecified atom stereocenters. The first kappa shape index (κ1) is 12.0. The van der Waals surface area contributed by atoms with E-state index in [0.717, 1.165) is 23.1 Å². The minimum atomic E-state index is 0.552. The number of nitrogens with one attached hydrogen (secondary N) is 1. The average molecular weight is 254 g/mol. The van der Waals surface area contributed by atoms with Gasteiger partial charge in [-0.05, 0) is 25.0 Å². The van der Waals surface area contributed by atoms with Crippen molar-refractivity contribution in [1.82, 2.24) is 9.97 Å². The second kappa shape index (κ2) is 4.88. The largest absolute Gasteiger partial charge is 0.373 e. The van der Waals surface area contributed by atoms with Crippen molar-refractivity contribution in [2.24, 2.45) is 0 Å². The van der Waals surface area contributed by atoms with Gasteiger partial charge in [0.1, 0.15) is 17.5 Å². The van der Waals surface area contributed by atoms with Gasteiger partial charge in [-0.15, -0.1) is 0 Å². The molecule has 1 N–H and O–H groups in total. The quantitative estimate of drug-likeness (QED) is 0.910. The fraction of sp³-hybridized carbons (Fsp3) is 0.333. The van der Waals surface area contributed by atoms with Gasteiger partial charge >= 0.3 is 0 Å². The van der Waals surface area contributed by atoms with Crippen LogP contribution < -0.4 is 10.2 Å². The van der Waals surface area contributed by atoms with Crippen molar-refractivity contribution in [3.05, 3.63) is 42.2 Å². The van der Waals surface area contributed by atoms with Crippen molar-refractivity contribution in [2.75, 3.05) is 24.3 Å². The number of anilines is 3. The first-order valence-electron chi connectivity index (χ1n) is 6.63. The molecule has 1 aromatic carbocycles. The zero-order valence-electron chi connectivity index (χ0n) is 11.3.